The Hall–Kier alpha value is -1.30. The van der Waals surface area contributed by atoms with E-state index in [0.717, 1.165) is 36.4 Å². The van der Waals surface area contributed by atoms with E-state index in [4.69, 9.17) is 5.73 Å². The molecule has 3 N–H and O–H groups in total. The Morgan fingerprint density at radius 3 is 2.79 bits per heavy atom. The first-order valence-corrected chi connectivity index (χ1v) is 5.77. The molecule has 0 aliphatic carbocycles. The van der Waals surface area contributed by atoms with Gasteiger partial charge in [-0.2, -0.15) is 4.98 Å². The quantitative estimate of drug-likeness (QED) is 0.843. The van der Waals surface area contributed by atoms with Gasteiger partial charge in [0.05, 0.1) is 0 Å². The SMILES string of the molecule is Cc1ccc(C2=CCNCC2)c2nc(N)nn12.Cl.Cl. The van der Waals surface area contributed by atoms with E-state index >= 15 is 0 Å². The van der Waals surface area contributed by atoms with Crippen molar-refractivity contribution < 1.29 is 0 Å². The van der Waals surface area contributed by atoms with Crippen molar-refractivity contribution >= 4 is 42.0 Å². The second kappa shape index (κ2) is 6.23. The van der Waals surface area contributed by atoms with Crippen LogP contribution >= 0.6 is 24.8 Å². The number of nitrogens with one attached hydrogen (secondary N) is 1. The molecule has 104 valence electrons. The van der Waals surface area contributed by atoms with Gasteiger partial charge in [0.2, 0.25) is 5.95 Å². The minimum absolute atomic E-state index is 0. The van der Waals surface area contributed by atoms with Gasteiger partial charge in [0.25, 0.3) is 0 Å². The minimum Gasteiger partial charge on any atom is -0.366 e. The van der Waals surface area contributed by atoms with Gasteiger partial charge in [0.15, 0.2) is 5.65 Å². The summed E-state index contributed by atoms with van der Waals surface area (Å²) in [6.45, 7) is 3.93. The molecule has 2 aromatic rings. The lowest BCUT2D eigenvalue weighted by atomic mass is 10.0. The second-order valence-electron chi connectivity index (χ2n) is 4.28. The first kappa shape index (κ1) is 15.8. The molecule has 5 nitrogen and oxygen atoms in total. The summed E-state index contributed by atoms with van der Waals surface area (Å²) >= 11 is 0. The van der Waals surface area contributed by atoms with E-state index in [1.165, 1.54) is 5.57 Å². The number of aromatic nitrogens is 3. The van der Waals surface area contributed by atoms with Crippen molar-refractivity contribution in [3.63, 3.8) is 0 Å². The van der Waals surface area contributed by atoms with Gasteiger partial charge in [0, 0.05) is 17.8 Å². The largest absolute Gasteiger partial charge is 0.366 e. The van der Waals surface area contributed by atoms with Crippen LogP contribution in [-0.4, -0.2) is 27.7 Å². The number of pyridine rings is 1. The van der Waals surface area contributed by atoms with E-state index in [1.807, 2.05) is 11.4 Å². The van der Waals surface area contributed by atoms with Crippen LogP contribution in [0.5, 0.6) is 0 Å². The van der Waals surface area contributed by atoms with E-state index in [1.54, 1.807) is 0 Å². The molecule has 3 rings (SSSR count). The molecule has 0 unspecified atom stereocenters. The highest BCUT2D eigenvalue weighted by atomic mass is 35.5. The molecule has 1 aliphatic heterocycles. The summed E-state index contributed by atoms with van der Waals surface area (Å²) < 4.78 is 1.81. The molecule has 3 heterocycles. The van der Waals surface area contributed by atoms with Crippen LogP contribution in [0.4, 0.5) is 5.95 Å². The van der Waals surface area contributed by atoms with Crippen molar-refractivity contribution in [3.8, 4) is 0 Å². The summed E-state index contributed by atoms with van der Waals surface area (Å²) in [5.74, 6) is 0.329. The molecule has 0 fully saturated rings. The van der Waals surface area contributed by atoms with E-state index in [0.29, 0.717) is 5.95 Å². The third-order valence-corrected chi connectivity index (χ3v) is 3.10. The molecule has 0 saturated carbocycles. The predicted octanol–water partition coefficient (Wildman–Crippen LogP) is 1.84. The highest BCUT2D eigenvalue weighted by Crippen LogP contribution is 2.24. The van der Waals surface area contributed by atoms with Crippen LogP contribution in [-0.2, 0) is 0 Å². The third kappa shape index (κ3) is 2.83. The average molecular weight is 302 g/mol. The number of nitrogens with zero attached hydrogens (tertiary/aromatic N) is 3. The summed E-state index contributed by atoms with van der Waals surface area (Å²) in [6, 6.07) is 4.16. The lowest BCUT2D eigenvalue weighted by Gasteiger charge is -2.14. The van der Waals surface area contributed by atoms with Crippen LogP contribution in [0.15, 0.2) is 18.2 Å². The zero-order valence-electron chi connectivity index (χ0n) is 10.6. The predicted molar refractivity (Wildman–Crippen MR) is 82.1 cm³/mol. The van der Waals surface area contributed by atoms with Gasteiger partial charge in [0.1, 0.15) is 0 Å². The number of aryl methyl sites for hydroxylation is 1. The number of halogens is 2. The molecule has 0 aromatic carbocycles. The highest BCUT2D eigenvalue weighted by molar-refractivity contribution is 5.85. The van der Waals surface area contributed by atoms with Crippen LogP contribution in [0.3, 0.4) is 0 Å². The van der Waals surface area contributed by atoms with Crippen molar-refractivity contribution in [2.75, 3.05) is 18.8 Å². The van der Waals surface area contributed by atoms with Crippen molar-refractivity contribution in [2.24, 2.45) is 0 Å². The molecule has 0 amide bonds. The maximum absolute atomic E-state index is 5.68. The Kier molecular flexibility index (Phi) is 5.17. The number of fused-ring (bicyclic) bond motifs is 1. The fourth-order valence-corrected chi connectivity index (χ4v) is 2.22. The van der Waals surface area contributed by atoms with Gasteiger partial charge in [-0.3, -0.25) is 0 Å². The number of hydrogen-bond donors (Lipinski definition) is 2. The second-order valence-corrected chi connectivity index (χ2v) is 4.28. The van der Waals surface area contributed by atoms with Crippen molar-refractivity contribution in [1.29, 1.82) is 0 Å². The maximum Gasteiger partial charge on any atom is 0.240 e. The van der Waals surface area contributed by atoms with Crippen LogP contribution in [0.2, 0.25) is 0 Å². The lowest BCUT2D eigenvalue weighted by Crippen LogP contribution is -2.20. The number of rotatable bonds is 1. The van der Waals surface area contributed by atoms with Gasteiger partial charge in [-0.25, -0.2) is 4.52 Å². The van der Waals surface area contributed by atoms with Crippen LogP contribution in [0, 0.1) is 6.92 Å². The van der Waals surface area contributed by atoms with Crippen molar-refractivity contribution in [1.82, 2.24) is 19.9 Å². The van der Waals surface area contributed by atoms with Gasteiger partial charge >= 0.3 is 0 Å². The molecule has 0 spiro atoms. The van der Waals surface area contributed by atoms with E-state index < -0.39 is 0 Å². The fourth-order valence-electron chi connectivity index (χ4n) is 2.22. The summed E-state index contributed by atoms with van der Waals surface area (Å²) in [4.78, 5) is 4.32. The van der Waals surface area contributed by atoms with E-state index in [-0.39, 0.29) is 24.8 Å². The number of hydrogen-bond acceptors (Lipinski definition) is 4. The smallest absolute Gasteiger partial charge is 0.240 e. The Labute approximate surface area is 124 Å². The third-order valence-electron chi connectivity index (χ3n) is 3.10. The molecule has 7 heteroatoms. The number of anilines is 1. The van der Waals surface area contributed by atoms with Gasteiger partial charge < -0.3 is 11.1 Å². The Morgan fingerprint density at radius 2 is 2.11 bits per heavy atom. The summed E-state index contributed by atoms with van der Waals surface area (Å²) in [7, 11) is 0. The first-order valence-electron chi connectivity index (χ1n) is 5.77. The van der Waals surface area contributed by atoms with Gasteiger partial charge in [-0.1, -0.05) is 6.08 Å². The molecule has 0 bridgehead atoms. The standard InChI is InChI=1S/C12H15N5.2ClH/c1-8-2-3-10(9-4-6-14-7-5-9)11-15-12(13)16-17(8)11;;/h2-4,14H,5-7H2,1H3,(H2,13,16);2*1H. The molecule has 1 aliphatic rings. The van der Waals surface area contributed by atoms with Gasteiger partial charge in [-0.05, 0) is 37.6 Å². The van der Waals surface area contributed by atoms with Crippen LogP contribution < -0.4 is 11.1 Å². The lowest BCUT2D eigenvalue weighted by molar-refractivity contribution is 0.738. The minimum atomic E-state index is 0. The van der Waals surface area contributed by atoms with Gasteiger partial charge in [-0.15, -0.1) is 29.9 Å². The molecule has 0 atom stereocenters. The van der Waals surface area contributed by atoms with Crippen LogP contribution in [0.25, 0.3) is 11.2 Å². The van der Waals surface area contributed by atoms with E-state index in [9.17, 15) is 0 Å². The number of nitrogens with two attached hydrogens (primary N) is 1. The Bertz CT molecular complexity index is 605. The summed E-state index contributed by atoms with van der Waals surface area (Å²) in [5.41, 5.74) is 10.0. The van der Waals surface area contributed by atoms with E-state index in [2.05, 4.69) is 33.6 Å². The van der Waals surface area contributed by atoms with Crippen molar-refractivity contribution in [3.05, 3.63) is 29.5 Å². The Morgan fingerprint density at radius 1 is 1.32 bits per heavy atom. The monoisotopic (exact) mass is 301 g/mol. The topological polar surface area (TPSA) is 68.2 Å². The molecular weight excluding hydrogens is 285 g/mol. The maximum atomic E-state index is 5.68. The number of nitrogen functional groups attached to an aromatic ring is 1. The summed E-state index contributed by atoms with van der Waals surface area (Å²) in [5, 5.41) is 7.51. The zero-order valence-corrected chi connectivity index (χ0v) is 12.2. The van der Waals surface area contributed by atoms with Crippen molar-refractivity contribution in [2.45, 2.75) is 13.3 Å². The zero-order chi connectivity index (χ0) is 11.8. The normalized spacial score (nSPS) is 14.5. The summed E-state index contributed by atoms with van der Waals surface area (Å²) in [6.07, 6.45) is 3.23. The molecule has 0 saturated heterocycles. The molecule has 0 radical (unpaired) electrons. The molecule has 2 aromatic heterocycles. The fraction of sp³-hybridized carbons (Fsp3) is 0.333. The first-order chi connectivity index (χ1) is 8.25. The average Bonchev–Trinajstić information content (AvgIpc) is 2.73. The Balaban J connectivity index is 0.000000902. The highest BCUT2D eigenvalue weighted by Gasteiger charge is 2.13. The van der Waals surface area contributed by atoms with Crippen LogP contribution in [0.1, 0.15) is 17.7 Å². The molecular formula is C12H17Cl2N5. The molecule has 19 heavy (non-hydrogen) atoms.